The maximum absolute atomic E-state index is 12.8. The molecule has 0 fully saturated rings. The van der Waals surface area contributed by atoms with E-state index in [9.17, 15) is 14.4 Å². The predicted octanol–water partition coefficient (Wildman–Crippen LogP) is 17.6. The lowest BCUT2D eigenvalue weighted by molar-refractivity contribution is -0.167. The maximum atomic E-state index is 12.8. The van der Waals surface area contributed by atoms with Crippen molar-refractivity contribution in [1.29, 1.82) is 0 Å². The van der Waals surface area contributed by atoms with Crippen molar-refractivity contribution in [3.8, 4) is 0 Å². The van der Waals surface area contributed by atoms with Gasteiger partial charge in [0, 0.05) is 19.3 Å². The lowest BCUT2D eigenvalue weighted by atomic mass is 10.0. The van der Waals surface area contributed by atoms with Gasteiger partial charge in [0.2, 0.25) is 0 Å². The molecule has 0 aliphatic heterocycles. The molecule has 0 aliphatic carbocycles. The molecule has 0 aliphatic rings. The SMILES string of the molecule is CCCCCCCCCCCCCCCCCCCCC(=O)OCC(COC(=O)CCCCCCCC)OC(=O)CCCCCCCCCCCCCCCCCCCC. The molecule has 0 aromatic heterocycles. The Labute approximate surface area is 374 Å². The number of unbranched alkanes of at least 4 members (excludes halogenated alkanes) is 39. The zero-order valence-electron chi connectivity index (χ0n) is 40.8. The van der Waals surface area contributed by atoms with E-state index in [1.54, 1.807) is 0 Å². The van der Waals surface area contributed by atoms with Gasteiger partial charge in [-0.3, -0.25) is 14.4 Å². The molecule has 0 saturated carbocycles. The van der Waals surface area contributed by atoms with Crippen molar-refractivity contribution in [2.24, 2.45) is 0 Å². The first kappa shape index (κ1) is 58.4. The summed E-state index contributed by atoms with van der Waals surface area (Å²) in [7, 11) is 0. The standard InChI is InChI=1S/C54H104O6/c1-4-7-10-13-16-18-20-22-24-26-28-30-32-34-36-38-41-44-47-53(56)59-50-51(49-58-52(55)46-43-40-15-12-9-6-3)60-54(57)48-45-42-39-37-35-33-31-29-27-25-23-21-19-17-14-11-8-5-2/h51H,4-50H2,1-3H3. The average Bonchev–Trinajstić information content (AvgIpc) is 3.24. The zero-order valence-corrected chi connectivity index (χ0v) is 40.8. The molecule has 0 aromatic rings. The monoisotopic (exact) mass is 849 g/mol. The smallest absolute Gasteiger partial charge is 0.306 e. The van der Waals surface area contributed by atoms with E-state index in [1.165, 1.54) is 212 Å². The van der Waals surface area contributed by atoms with Crippen LogP contribution in [0.3, 0.4) is 0 Å². The number of esters is 3. The van der Waals surface area contributed by atoms with Crippen LogP contribution in [0.5, 0.6) is 0 Å². The van der Waals surface area contributed by atoms with Crippen molar-refractivity contribution < 1.29 is 28.6 Å². The fourth-order valence-electron chi connectivity index (χ4n) is 8.27. The molecule has 0 amide bonds. The predicted molar refractivity (Wildman–Crippen MR) is 257 cm³/mol. The van der Waals surface area contributed by atoms with Crippen molar-refractivity contribution in [2.45, 2.75) is 316 Å². The van der Waals surface area contributed by atoms with Gasteiger partial charge in [-0.25, -0.2) is 0 Å². The van der Waals surface area contributed by atoms with E-state index in [0.717, 1.165) is 57.8 Å². The van der Waals surface area contributed by atoms with Crippen LogP contribution < -0.4 is 0 Å². The molecule has 0 aromatic carbocycles. The highest BCUT2D eigenvalue weighted by Crippen LogP contribution is 2.17. The van der Waals surface area contributed by atoms with Gasteiger partial charge in [0.15, 0.2) is 6.10 Å². The van der Waals surface area contributed by atoms with Gasteiger partial charge in [-0.2, -0.15) is 0 Å². The largest absolute Gasteiger partial charge is 0.462 e. The van der Waals surface area contributed by atoms with Crippen LogP contribution in [0.1, 0.15) is 310 Å². The van der Waals surface area contributed by atoms with Gasteiger partial charge in [0.25, 0.3) is 0 Å². The van der Waals surface area contributed by atoms with Crippen LogP contribution >= 0.6 is 0 Å². The molecule has 0 radical (unpaired) electrons. The van der Waals surface area contributed by atoms with E-state index < -0.39 is 6.10 Å². The van der Waals surface area contributed by atoms with Crippen molar-refractivity contribution in [1.82, 2.24) is 0 Å². The molecule has 356 valence electrons. The van der Waals surface area contributed by atoms with Gasteiger partial charge in [-0.05, 0) is 19.3 Å². The Balaban J connectivity index is 4.12. The summed E-state index contributed by atoms with van der Waals surface area (Å²) >= 11 is 0. The summed E-state index contributed by atoms with van der Waals surface area (Å²) in [5.41, 5.74) is 0. The summed E-state index contributed by atoms with van der Waals surface area (Å²) in [6, 6.07) is 0. The maximum Gasteiger partial charge on any atom is 0.306 e. The molecule has 0 saturated heterocycles. The lowest BCUT2D eigenvalue weighted by Gasteiger charge is -2.18. The van der Waals surface area contributed by atoms with Crippen LogP contribution in [-0.2, 0) is 28.6 Å². The number of hydrogen-bond acceptors (Lipinski definition) is 6. The third kappa shape index (κ3) is 47.5. The minimum atomic E-state index is -0.758. The molecular formula is C54H104O6. The van der Waals surface area contributed by atoms with Crippen LogP contribution in [0.2, 0.25) is 0 Å². The number of rotatable bonds is 50. The number of carbonyl (C=O) groups is 3. The summed E-state index contributed by atoms with van der Waals surface area (Å²) in [6.45, 7) is 6.64. The second-order valence-corrected chi connectivity index (χ2v) is 18.5. The first-order valence-corrected chi connectivity index (χ1v) is 27.0. The molecule has 0 bridgehead atoms. The number of carbonyl (C=O) groups excluding carboxylic acids is 3. The third-order valence-corrected chi connectivity index (χ3v) is 12.4. The van der Waals surface area contributed by atoms with Gasteiger partial charge in [0.1, 0.15) is 13.2 Å². The molecular weight excluding hydrogens is 745 g/mol. The highest BCUT2D eigenvalue weighted by Gasteiger charge is 2.19. The Hall–Kier alpha value is -1.59. The van der Waals surface area contributed by atoms with E-state index >= 15 is 0 Å². The van der Waals surface area contributed by atoms with Crippen molar-refractivity contribution in [2.75, 3.05) is 13.2 Å². The Morgan fingerprint density at radius 2 is 0.450 bits per heavy atom. The van der Waals surface area contributed by atoms with E-state index in [2.05, 4.69) is 20.8 Å². The second kappa shape index (κ2) is 50.1. The van der Waals surface area contributed by atoms with Gasteiger partial charge in [-0.1, -0.05) is 271 Å². The van der Waals surface area contributed by atoms with Gasteiger partial charge < -0.3 is 14.2 Å². The topological polar surface area (TPSA) is 78.9 Å². The Kier molecular flexibility index (Phi) is 48.7. The van der Waals surface area contributed by atoms with Crippen molar-refractivity contribution in [3.05, 3.63) is 0 Å². The molecule has 0 spiro atoms. The first-order chi connectivity index (χ1) is 29.5. The van der Waals surface area contributed by atoms with Crippen LogP contribution in [-0.4, -0.2) is 37.2 Å². The van der Waals surface area contributed by atoms with Crippen LogP contribution in [0.15, 0.2) is 0 Å². The minimum Gasteiger partial charge on any atom is -0.462 e. The Morgan fingerprint density at radius 3 is 0.667 bits per heavy atom. The summed E-state index contributed by atoms with van der Waals surface area (Å²) in [4.78, 5) is 37.8. The van der Waals surface area contributed by atoms with Gasteiger partial charge in [0.05, 0.1) is 0 Å². The van der Waals surface area contributed by atoms with Crippen molar-refractivity contribution >= 4 is 17.9 Å². The van der Waals surface area contributed by atoms with E-state index in [1.807, 2.05) is 0 Å². The molecule has 0 rings (SSSR count). The van der Waals surface area contributed by atoms with E-state index in [0.29, 0.717) is 19.3 Å². The molecule has 1 atom stereocenters. The molecule has 0 N–H and O–H groups in total. The number of hydrogen-bond donors (Lipinski definition) is 0. The van der Waals surface area contributed by atoms with Crippen LogP contribution in [0.25, 0.3) is 0 Å². The Bertz CT molecular complexity index is 889. The lowest BCUT2D eigenvalue weighted by Crippen LogP contribution is -2.30. The quantitative estimate of drug-likeness (QED) is 0.0345. The summed E-state index contributed by atoms with van der Waals surface area (Å²) in [5, 5.41) is 0. The first-order valence-electron chi connectivity index (χ1n) is 27.0. The normalized spacial score (nSPS) is 11.8. The zero-order chi connectivity index (χ0) is 43.7. The molecule has 6 heteroatoms. The molecule has 0 heterocycles. The van der Waals surface area contributed by atoms with Gasteiger partial charge in [-0.15, -0.1) is 0 Å². The van der Waals surface area contributed by atoms with E-state index in [4.69, 9.17) is 14.2 Å². The molecule has 6 nitrogen and oxygen atoms in total. The minimum absolute atomic E-state index is 0.0625. The van der Waals surface area contributed by atoms with Crippen molar-refractivity contribution in [3.63, 3.8) is 0 Å². The summed E-state index contributed by atoms with van der Waals surface area (Å²) in [6.07, 6.45) is 54.0. The highest BCUT2D eigenvalue weighted by atomic mass is 16.6. The molecule has 60 heavy (non-hydrogen) atoms. The summed E-state index contributed by atoms with van der Waals surface area (Å²) in [5.74, 6) is -0.849. The van der Waals surface area contributed by atoms with Crippen LogP contribution in [0.4, 0.5) is 0 Å². The average molecular weight is 849 g/mol. The third-order valence-electron chi connectivity index (χ3n) is 12.4. The highest BCUT2D eigenvalue weighted by molar-refractivity contribution is 5.71. The Morgan fingerprint density at radius 1 is 0.267 bits per heavy atom. The summed E-state index contributed by atoms with van der Waals surface area (Å²) < 4.78 is 16.7. The van der Waals surface area contributed by atoms with E-state index in [-0.39, 0.29) is 31.1 Å². The van der Waals surface area contributed by atoms with Gasteiger partial charge >= 0.3 is 17.9 Å². The fraction of sp³-hybridized carbons (Fsp3) is 0.944. The fourth-order valence-corrected chi connectivity index (χ4v) is 8.27. The molecule has 1 unspecified atom stereocenters. The number of ether oxygens (including phenoxy) is 3. The second-order valence-electron chi connectivity index (χ2n) is 18.5. The van der Waals surface area contributed by atoms with Crippen LogP contribution in [0, 0.1) is 0 Å².